The predicted octanol–water partition coefficient (Wildman–Crippen LogP) is 2.37. The number of rotatable bonds is 2. The molecule has 0 spiro atoms. The summed E-state index contributed by atoms with van der Waals surface area (Å²) < 4.78 is 0.816. The molecule has 1 aliphatic carbocycles. The fourth-order valence-corrected chi connectivity index (χ4v) is 2.23. The fraction of sp³-hybridized carbons (Fsp3) is 0.167. The van der Waals surface area contributed by atoms with Gasteiger partial charge in [-0.3, -0.25) is 0 Å². The van der Waals surface area contributed by atoms with Gasteiger partial charge in [0.25, 0.3) is 0 Å². The first kappa shape index (κ1) is 7.46. The lowest BCUT2D eigenvalue weighted by molar-refractivity contribution is 1.47. The van der Waals surface area contributed by atoms with Crippen molar-refractivity contribution >= 4 is 37.4 Å². The minimum atomic E-state index is 0.537. The Bertz CT molecular complexity index is 160. The predicted molar refractivity (Wildman–Crippen MR) is 52.0 cm³/mol. The third-order valence-corrected chi connectivity index (χ3v) is 2.74. The Hall–Kier alpha value is 0.350. The second-order valence-electron chi connectivity index (χ2n) is 1.75. The molecule has 1 unspecified atom stereocenters. The molecule has 0 aromatic rings. The number of thiocarbonyl (C=S) groups is 1. The fourth-order valence-electron chi connectivity index (χ4n) is 0.671. The molecule has 0 N–H and O–H groups in total. The summed E-state index contributed by atoms with van der Waals surface area (Å²) in [6.45, 7) is 0. The minimum absolute atomic E-state index is 0.537. The molecular weight excluding hydrogens is 167 g/mol. The van der Waals surface area contributed by atoms with Crippen LogP contribution in [-0.4, -0.2) is 9.60 Å². The first-order valence-electron chi connectivity index (χ1n) is 2.63. The standard InChI is InChI=1S/C6H7PS2/c8-6(9)7-5-3-1-2-4-5/h1-5,7H,(H,8,9). The van der Waals surface area contributed by atoms with Gasteiger partial charge < -0.3 is 0 Å². The molecule has 1 rings (SSSR count). The van der Waals surface area contributed by atoms with Gasteiger partial charge in [-0.1, -0.05) is 45.1 Å². The summed E-state index contributed by atoms with van der Waals surface area (Å²) >= 11 is 8.89. The van der Waals surface area contributed by atoms with Crippen LogP contribution >= 0.6 is 33.4 Å². The molecule has 0 aliphatic heterocycles. The van der Waals surface area contributed by atoms with E-state index < -0.39 is 0 Å². The SMILES string of the molecule is S=C(S)PC1C=CC=C1. The normalized spacial score (nSPS) is 18.3. The maximum atomic E-state index is 4.84. The Morgan fingerprint density at radius 1 is 1.44 bits per heavy atom. The molecule has 0 radical (unpaired) electrons. The molecular formula is C6H7PS2. The Labute approximate surface area is 67.6 Å². The zero-order valence-electron chi connectivity index (χ0n) is 4.74. The molecule has 0 aromatic carbocycles. The first-order valence-corrected chi connectivity index (χ1v) is 4.57. The summed E-state index contributed by atoms with van der Waals surface area (Å²) in [5.74, 6) is 0. The van der Waals surface area contributed by atoms with Gasteiger partial charge in [0.2, 0.25) is 0 Å². The van der Waals surface area contributed by atoms with Crippen molar-refractivity contribution in [3.63, 3.8) is 0 Å². The highest BCUT2D eigenvalue weighted by atomic mass is 32.1. The molecule has 1 aliphatic rings. The Morgan fingerprint density at radius 2 is 2.00 bits per heavy atom. The van der Waals surface area contributed by atoms with E-state index in [0.29, 0.717) is 14.2 Å². The molecule has 9 heavy (non-hydrogen) atoms. The first-order chi connectivity index (χ1) is 4.29. The second-order valence-corrected chi connectivity index (χ2v) is 5.14. The second kappa shape index (κ2) is 3.50. The van der Waals surface area contributed by atoms with Gasteiger partial charge in [-0.05, 0) is 0 Å². The van der Waals surface area contributed by atoms with Crippen LogP contribution in [0.25, 0.3) is 0 Å². The summed E-state index contributed by atoms with van der Waals surface area (Å²) in [7, 11) is 0.664. The molecule has 1 atom stereocenters. The monoisotopic (exact) mass is 174 g/mol. The van der Waals surface area contributed by atoms with Crippen LogP contribution in [0.3, 0.4) is 0 Å². The van der Waals surface area contributed by atoms with Gasteiger partial charge in [0.05, 0.1) is 3.94 Å². The van der Waals surface area contributed by atoms with Gasteiger partial charge in [0.1, 0.15) is 0 Å². The summed E-state index contributed by atoms with van der Waals surface area (Å²) in [6.07, 6.45) is 8.37. The van der Waals surface area contributed by atoms with Gasteiger partial charge in [-0.2, -0.15) is 0 Å². The van der Waals surface area contributed by atoms with Crippen LogP contribution < -0.4 is 0 Å². The number of hydrogen-bond donors (Lipinski definition) is 1. The molecule has 0 amide bonds. The highest BCUT2D eigenvalue weighted by molar-refractivity contribution is 8.24. The lowest BCUT2D eigenvalue weighted by atomic mass is 10.5. The molecule has 0 bridgehead atoms. The zero-order valence-corrected chi connectivity index (χ0v) is 7.45. The van der Waals surface area contributed by atoms with Gasteiger partial charge >= 0.3 is 0 Å². The quantitative estimate of drug-likeness (QED) is 0.381. The van der Waals surface area contributed by atoms with E-state index in [2.05, 4.69) is 24.8 Å². The molecule has 48 valence electrons. The van der Waals surface area contributed by atoms with Crippen LogP contribution in [0.1, 0.15) is 0 Å². The molecule has 0 nitrogen and oxygen atoms in total. The summed E-state index contributed by atoms with van der Waals surface area (Å²) in [5.41, 5.74) is 0.537. The summed E-state index contributed by atoms with van der Waals surface area (Å²) in [6, 6.07) is 0. The van der Waals surface area contributed by atoms with Crippen LogP contribution in [0.4, 0.5) is 0 Å². The average Bonchev–Trinajstić information content (AvgIpc) is 2.15. The van der Waals surface area contributed by atoms with E-state index >= 15 is 0 Å². The van der Waals surface area contributed by atoms with Crippen molar-refractivity contribution in [3.8, 4) is 0 Å². The summed E-state index contributed by atoms with van der Waals surface area (Å²) in [4.78, 5) is 0. The van der Waals surface area contributed by atoms with Crippen molar-refractivity contribution in [2.45, 2.75) is 5.66 Å². The van der Waals surface area contributed by atoms with Gasteiger partial charge in [0, 0.05) is 5.66 Å². The van der Waals surface area contributed by atoms with E-state index in [1.807, 2.05) is 12.2 Å². The van der Waals surface area contributed by atoms with Crippen LogP contribution in [0.2, 0.25) is 0 Å². The van der Waals surface area contributed by atoms with Crippen LogP contribution in [0.15, 0.2) is 24.3 Å². The van der Waals surface area contributed by atoms with E-state index in [1.54, 1.807) is 0 Å². The van der Waals surface area contributed by atoms with Gasteiger partial charge in [-0.25, -0.2) is 0 Å². The number of thiol groups is 1. The number of hydrogen-bond acceptors (Lipinski definition) is 1. The Kier molecular flexibility index (Phi) is 2.90. The van der Waals surface area contributed by atoms with Crippen molar-refractivity contribution < 1.29 is 0 Å². The molecule has 0 saturated carbocycles. The van der Waals surface area contributed by atoms with Crippen LogP contribution in [0, 0.1) is 0 Å². The van der Waals surface area contributed by atoms with Crippen molar-refractivity contribution in [2.24, 2.45) is 0 Å². The van der Waals surface area contributed by atoms with Crippen molar-refractivity contribution in [2.75, 3.05) is 0 Å². The largest absolute Gasteiger partial charge is 0.132 e. The van der Waals surface area contributed by atoms with E-state index in [-0.39, 0.29) is 0 Å². The van der Waals surface area contributed by atoms with E-state index in [0.717, 1.165) is 3.94 Å². The third-order valence-electron chi connectivity index (χ3n) is 1.04. The van der Waals surface area contributed by atoms with E-state index in [1.165, 1.54) is 0 Å². The van der Waals surface area contributed by atoms with Crippen molar-refractivity contribution in [1.29, 1.82) is 0 Å². The van der Waals surface area contributed by atoms with Crippen molar-refractivity contribution in [1.82, 2.24) is 0 Å². The lowest BCUT2D eigenvalue weighted by Gasteiger charge is -2.00. The average molecular weight is 174 g/mol. The molecule has 3 heteroatoms. The topological polar surface area (TPSA) is 0 Å². The lowest BCUT2D eigenvalue weighted by Crippen LogP contribution is -1.86. The molecule has 0 fully saturated rings. The Balaban J connectivity index is 2.37. The molecule has 0 aromatic heterocycles. The molecule has 0 saturated heterocycles. The highest BCUT2D eigenvalue weighted by Crippen LogP contribution is 2.27. The van der Waals surface area contributed by atoms with Gasteiger partial charge in [0.15, 0.2) is 0 Å². The smallest absolute Gasteiger partial charge is 0.0655 e. The minimum Gasteiger partial charge on any atom is -0.132 e. The van der Waals surface area contributed by atoms with E-state index in [4.69, 9.17) is 12.2 Å². The van der Waals surface area contributed by atoms with Crippen molar-refractivity contribution in [3.05, 3.63) is 24.3 Å². The molecule has 0 heterocycles. The highest BCUT2D eigenvalue weighted by Gasteiger charge is 2.03. The van der Waals surface area contributed by atoms with Gasteiger partial charge in [-0.15, -0.1) is 12.6 Å². The van der Waals surface area contributed by atoms with E-state index in [9.17, 15) is 0 Å². The summed E-state index contributed by atoms with van der Waals surface area (Å²) in [5, 5.41) is 0. The third kappa shape index (κ3) is 2.61. The number of allylic oxidation sites excluding steroid dienone is 4. The van der Waals surface area contributed by atoms with Crippen LogP contribution in [-0.2, 0) is 0 Å². The van der Waals surface area contributed by atoms with Crippen LogP contribution in [0.5, 0.6) is 0 Å². The maximum absolute atomic E-state index is 4.84. The Morgan fingerprint density at radius 3 is 2.44 bits per heavy atom. The zero-order chi connectivity index (χ0) is 6.69. The maximum Gasteiger partial charge on any atom is 0.0655 e.